The molecular weight excluding hydrogens is 344 g/mol. The van der Waals surface area contributed by atoms with E-state index in [1.54, 1.807) is 29.2 Å². The lowest BCUT2D eigenvalue weighted by molar-refractivity contribution is -0.125. The predicted octanol–water partition coefficient (Wildman–Crippen LogP) is 3.80. The molecule has 0 aliphatic carbocycles. The lowest BCUT2D eigenvalue weighted by Crippen LogP contribution is -2.40. The second-order valence-corrected chi connectivity index (χ2v) is 7.30. The van der Waals surface area contributed by atoms with Crippen LogP contribution in [-0.4, -0.2) is 29.9 Å². The predicted molar refractivity (Wildman–Crippen MR) is 96.4 cm³/mol. The Balaban J connectivity index is 1.50. The molecule has 2 heterocycles. The third-order valence-corrected chi connectivity index (χ3v) is 5.62. The zero-order valence-electron chi connectivity index (χ0n) is 12.8. The molecule has 0 saturated heterocycles. The van der Waals surface area contributed by atoms with E-state index in [-0.39, 0.29) is 12.5 Å². The van der Waals surface area contributed by atoms with Crippen LogP contribution in [0.5, 0.6) is 11.5 Å². The number of hydrogen-bond acceptors (Lipinski definition) is 6. The first-order chi connectivity index (χ1) is 11.7. The highest BCUT2D eigenvalue weighted by atomic mass is 32.2. The number of amides is 1. The molecule has 5 nitrogen and oxygen atoms in total. The number of carbonyl (C=O) groups is 1. The monoisotopic (exact) mass is 358 g/mol. The molecule has 0 bridgehead atoms. The summed E-state index contributed by atoms with van der Waals surface area (Å²) in [4.78, 5) is 16.9. The number of thiazole rings is 1. The Morgan fingerprint density at radius 1 is 1.29 bits per heavy atom. The van der Waals surface area contributed by atoms with Gasteiger partial charge in [0.2, 0.25) is 6.10 Å². The van der Waals surface area contributed by atoms with E-state index in [0.29, 0.717) is 11.5 Å². The van der Waals surface area contributed by atoms with E-state index in [1.807, 2.05) is 42.7 Å². The summed E-state index contributed by atoms with van der Waals surface area (Å²) >= 11 is 3.22. The van der Waals surface area contributed by atoms with Crippen molar-refractivity contribution >= 4 is 44.9 Å². The first kappa shape index (κ1) is 15.3. The van der Waals surface area contributed by atoms with E-state index in [9.17, 15) is 4.79 Å². The van der Waals surface area contributed by atoms with Crippen molar-refractivity contribution in [1.82, 2.24) is 4.98 Å². The van der Waals surface area contributed by atoms with Gasteiger partial charge in [0.05, 0.1) is 10.2 Å². The first-order valence-electron chi connectivity index (χ1n) is 7.37. The number of fused-ring (bicyclic) bond motifs is 2. The molecule has 2 aromatic carbocycles. The maximum atomic E-state index is 12.4. The Morgan fingerprint density at radius 2 is 2.12 bits per heavy atom. The van der Waals surface area contributed by atoms with Crippen molar-refractivity contribution in [2.45, 2.75) is 10.4 Å². The number of ether oxygens (including phenoxy) is 2. The number of hydrogen-bond donors (Lipinski definition) is 1. The second kappa shape index (κ2) is 6.33. The lowest BCUT2D eigenvalue weighted by Gasteiger charge is -2.25. The van der Waals surface area contributed by atoms with E-state index in [4.69, 9.17) is 9.47 Å². The molecule has 0 spiro atoms. The lowest BCUT2D eigenvalue weighted by atomic mass is 10.2. The molecule has 7 heteroatoms. The third kappa shape index (κ3) is 2.92. The summed E-state index contributed by atoms with van der Waals surface area (Å²) in [5.41, 5.74) is 1.67. The fourth-order valence-electron chi connectivity index (χ4n) is 2.44. The Labute approximate surface area is 147 Å². The third-order valence-electron chi connectivity index (χ3n) is 3.61. The van der Waals surface area contributed by atoms with Gasteiger partial charge in [0.25, 0.3) is 5.91 Å². The minimum atomic E-state index is -0.668. The molecule has 1 aliphatic rings. The Kier molecular flexibility index (Phi) is 4.03. The number of para-hydroxylation sites is 2. The van der Waals surface area contributed by atoms with Crippen molar-refractivity contribution < 1.29 is 14.3 Å². The number of carbonyl (C=O) groups excluding carboxylic acids is 1. The zero-order valence-corrected chi connectivity index (χ0v) is 14.4. The summed E-state index contributed by atoms with van der Waals surface area (Å²) < 4.78 is 13.4. The fraction of sp³-hybridized carbons (Fsp3) is 0.176. The topological polar surface area (TPSA) is 60.5 Å². The number of benzene rings is 2. The molecule has 1 aromatic heterocycles. The highest BCUT2D eigenvalue weighted by molar-refractivity contribution is 8.00. The van der Waals surface area contributed by atoms with E-state index < -0.39 is 6.10 Å². The molecular formula is C17H14N2O3S2. The summed E-state index contributed by atoms with van der Waals surface area (Å²) in [7, 11) is 0. The van der Waals surface area contributed by atoms with Gasteiger partial charge in [-0.3, -0.25) is 4.79 Å². The van der Waals surface area contributed by atoms with Crippen molar-refractivity contribution in [2.24, 2.45) is 0 Å². The number of rotatable bonds is 3. The van der Waals surface area contributed by atoms with Crippen LogP contribution in [0, 0.1) is 0 Å². The van der Waals surface area contributed by atoms with Crippen molar-refractivity contribution in [3.8, 4) is 11.5 Å². The maximum absolute atomic E-state index is 12.4. The molecule has 1 amide bonds. The number of nitrogens with one attached hydrogen (secondary N) is 1. The molecule has 122 valence electrons. The van der Waals surface area contributed by atoms with Gasteiger partial charge in [-0.2, -0.15) is 0 Å². The summed E-state index contributed by atoms with van der Waals surface area (Å²) in [6.45, 7) is 0.197. The van der Waals surface area contributed by atoms with Crippen LogP contribution in [0.3, 0.4) is 0 Å². The fourth-order valence-corrected chi connectivity index (χ4v) is 3.97. The van der Waals surface area contributed by atoms with E-state index in [2.05, 4.69) is 10.3 Å². The average Bonchev–Trinajstić information content (AvgIpc) is 3.03. The van der Waals surface area contributed by atoms with Gasteiger partial charge >= 0.3 is 0 Å². The van der Waals surface area contributed by atoms with E-state index in [1.165, 1.54) is 0 Å². The van der Waals surface area contributed by atoms with Crippen LogP contribution in [0.15, 0.2) is 46.8 Å². The van der Waals surface area contributed by atoms with Gasteiger partial charge in [-0.25, -0.2) is 4.98 Å². The summed E-state index contributed by atoms with van der Waals surface area (Å²) in [5.74, 6) is 1.03. The number of thioether (sulfide) groups is 1. The molecule has 3 aromatic rings. The Hall–Kier alpha value is -2.25. The highest BCUT2D eigenvalue weighted by Crippen LogP contribution is 2.32. The van der Waals surface area contributed by atoms with Gasteiger partial charge in [0.15, 0.2) is 15.8 Å². The smallest absolute Gasteiger partial charge is 0.269 e. The van der Waals surface area contributed by atoms with E-state index in [0.717, 1.165) is 20.2 Å². The SMILES string of the molecule is CSc1nc2ccc(NC(=O)C3COc4ccccc4O3)cc2s1. The molecule has 0 radical (unpaired) electrons. The van der Waals surface area contributed by atoms with Crippen LogP contribution in [0.25, 0.3) is 10.2 Å². The number of aromatic nitrogens is 1. The van der Waals surface area contributed by atoms with Crippen LogP contribution in [0.1, 0.15) is 0 Å². The second-order valence-electron chi connectivity index (χ2n) is 5.22. The minimum Gasteiger partial charge on any atom is -0.485 e. The molecule has 0 saturated carbocycles. The molecule has 1 aliphatic heterocycles. The Morgan fingerprint density at radius 3 is 2.96 bits per heavy atom. The molecule has 1 atom stereocenters. The maximum Gasteiger partial charge on any atom is 0.269 e. The van der Waals surface area contributed by atoms with Crippen LogP contribution >= 0.6 is 23.1 Å². The van der Waals surface area contributed by atoms with Gasteiger partial charge in [-0.05, 0) is 36.6 Å². The quantitative estimate of drug-likeness (QED) is 0.722. The molecule has 0 fully saturated rings. The molecule has 4 rings (SSSR count). The zero-order chi connectivity index (χ0) is 16.5. The minimum absolute atomic E-state index is 0.197. The first-order valence-corrected chi connectivity index (χ1v) is 9.41. The molecule has 1 unspecified atom stereocenters. The van der Waals surface area contributed by atoms with Crippen LogP contribution < -0.4 is 14.8 Å². The van der Waals surface area contributed by atoms with Gasteiger partial charge in [-0.15, -0.1) is 11.3 Å². The van der Waals surface area contributed by atoms with Crippen molar-refractivity contribution in [2.75, 3.05) is 18.2 Å². The normalized spacial score (nSPS) is 16.1. The van der Waals surface area contributed by atoms with Gasteiger partial charge in [-0.1, -0.05) is 23.9 Å². The van der Waals surface area contributed by atoms with Crippen LogP contribution in [0.2, 0.25) is 0 Å². The van der Waals surface area contributed by atoms with Gasteiger partial charge in [0, 0.05) is 5.69 Å². The summed E-state index contributed by atoms with van der Waals surface area (Å²) in [6, 6.07) is 13.0. The number of nitrogens with zero attached hydrogens (tertiary/aromatic N) is 1. The standard InChI is InChI=1S/C17H14N2O3S2/c1-23-17-19-11-7-6-10(8-15(11)24-17)18-16(20)14-9-21-12-4-2-3-5-13(12)22-14/h2-8,14H,9H2,1H3,(H,18,20). The molecule has 1 N–H and O–H groups in total. The largest absolute Gasteiger partial charge is 0.485 e. The summed E-state index contributed by atoms with van der Waals surface area (Å²) in [5, 5.41) is 2.89. The van der Waals surface area contributed by atoms with Crippen molar-refractivity contribution in [1.29, 1.82) is 0 Å². The van der Waals surface area contributed by atoms with Crippen LogP contribution in [0.4, 0.5) is 5.69 Å². The van der Waals surface area contributed by atoms with E-state index >= 15 is 0 Å². The molecule has 24 heavy (non-hydrogen) atoms. The van der Waals surface area contributed by atoms with Crippen LogP contribution in [-0.2, 0) is 4.79 Å². The summed E-state index contributed by atoms with van der Waals surface area (Å²) in [6.07, 6.45) is 1.33. The highest BCUT2D eigenvalue weighted by Gasteiger charge is 2.27. The van der Waals surface area contributed by atoms with Crippen molar-refractivity contribution in [3.63, 3.8) is 0 Å². The Bertz CT molecular complexity index is 910. The average molecular weight is 358 g/mol. The van der Waals surface area contributed by atoms with Crippen molar-refractivity contribution in [3.05, 3.63) is 42.5 Å². The number of anilines is 1. The van der Waals surface area contributed by atoms with Gasteiger partial charge in [0.1, 0.15) is 6.61 Å². The van der Waals surface area contributed by atoms with Gasteiger partial charge < -0.3 is 14.8 Å².